The Labute approximate surface area is 371 Å². The van der Waals surface area contributed by atoms with Crippen molar-refractivity contribution in [2.24, 2.45) is 0 Å². The first-order chi connectivity index (χ1) is 27.6. The molecule has 0 aromatic heterocycles. The van der Waals surface area contributed by atoms with E-state index >= 15 is 0 Å². The third kappa shape index (κ3) is 43.1. The maximum absolute atomic E-state index is 13.3. The van der Waals surface area contributed by atoms with Gasteiger partial charge >= 0.3 is 11.9 Å². The highest BCUT2D eigenvalue weighted by atomic mass is 35.5. The van der Waals surface area contributed by atoms with Gasteiger partial charge in [0.15, 0.2) is 0 Å². The second kappa shape index (κ2) is 44.1. The van der Waals surface area contributed by atoms with Crippen molar-refractivity contribution >= 4 is 29.6 Å². The predicted octanol–water partition coefficient (Wildman–Crippen LogP) is 10.6. The molecule has 0 rings (SSSR count). The molecule has 0 unspecified atom stereocenters. The average Bonchev–Trinajstić information content (AvgIpc) is 3.17. The van der Waals surface area contributed by atoms with E-state index in [0.29, 0.717) is 25.2 Å². The lowest BCUT2D eigenvalue weighted by Crippen LogP contribution is -3.00. The number of hydrogen-bond acceptors (Lipinski definition) is 6. The number of quaternary nitrogens is 1. The standard InChI is InChI=1S/C49H97N2O5S.ClH/c1-7-10-13-16-19-20-21-27-35-43-55-48(53)38-32-28-34-41-50(47(52)45-57-44-42-51(4,5)6)40-33-26-22-25-31-39-49(54)56-46(36-29-23-17-14-11-8-2)37-30-24-18-15-12-9-3;/h46H,7-45H2,1-6H3;1H/q+1;/p-1. The van der Waals surface area contributed by atoms with Crippen molar-refractivity contribution in [3.8, 4) is 0 Å². The molecule has 58 heavy (non-hydrogen) atoms. The normalized spacial score (nSPS) is 11.5. The number of halogens is 1. The Balaban J connectivity index is 0. The zero-order valence-corrected chi connectivity index (χ0v) is 40.9. The molecule has 0 aliphatic rings. The average molecular weight is 862 g/mol. The van der Waals surface area contributed by atoms with Gasteiger partial charge in [-0.05, 0) is 57.8 Å². The summed E-state index contributed by atoms with van der Waals surface area (Å²) in [5, 5.41) is 0. The van der Waals surface area contributed by atoms with Gasteiger partial charge < -0.3 is 31.3 Å². The lowest BCUT2D eigenvalue weighted by Gasteiger charge is -2.25. The third-order valence-electron chi connectivity index (χ3n) is 11.2. The van der Waals surface area contributed by atoms with E-state index in [4.69, 9.17) is 9.47 Å². The number of ether oxygens (including phenoxy) is 2. The van der Waals surface area contributed by atoms with Crippen molar-refractivity contribution in [2.75, 3.05) is 58.9 Å². The molecule has 0 heterocycles. The molecule has 0 bridgehead atoms. The van der Waals surface area contributed by atoms with E-state index in [1.54, 1.807) is 11.8 Å². The predicted molar refractivity (Wildman–Crippen MR) is 247 cm³/mol. The molecule has 0 fully saturated rings. The number of carbonyl (C=O) groups excluding carboxylic acids is 3. The summed E-state index contributed by atoms with van der Waals surface area (Å²) in [6.45, 7) is 9.91. The molecule has 0 N–H and O–H groups in total. The summed E-state index contributed by atoms with van der Waals surface area (Å²) in [6.07, 6.45) is 37.4. The Kier molecular flexibility index (Phi) is 44.9. The SMILES string of the molecule is CCCCCCCCCCCOC(=O)CCCCCN(CCCCCCCC(=O)OC(CCCCCCCC)CCCCCCCC)C(=O)CSCC[N+](C)(C)C.[Cl-]. The summed E-state index contributed by atoms with van der Waals surface area (Å²) < 4.78 is 12.4. The summed E-state index contributed by atoms with van der Waals surface area (Å²) in [6, 6.07) is 0. The number of nitrogens with zero attached hydrogens (tertiary/aromatic N) is 2. The van der Waals surface area contributed by atoms with Crippen LogP contribution < -0.4 is 12.4 Å². The maximum atomic E-state index is 13.3. The van der Waals surface area contributed by atoms with Crippen LogP contribution in [0.2, 0.25) is 0 Å². The van der Waals surface area contributed by atoms with Gasteiger partial charge in [-0.15, -0.1) is 11.8 Å². The van der Waals surface area contributed by atoms with Crippen molar-refractivity contribution in [3.05, 3.63) is 0 Å². The topological polar surface area (TPSA) is 72.9 Å². The third-order valence-corrected chi connectivity index (χ3v) is 12.1. The maximum Gasteiger partial charge on any atom is 0.306 e. The van der Waals surface area contributed by atoms with Gasteiger partial charge in [0.2, 0.25) is 5.91 Å². The zero-order valence-electron chi connectivity index (χ0n) is 39.4. The second-order valence-corrected chi connectivity index (χ2v) is 19.2. The highest BCUT2D eigenvalue weighted by Gasteiger charge is 2.16. The minimum absolute atomic E-state index is 0. The molecule has 0 saturated heterocycles. The Morgan fingerprint density at radius 3 is 1.40 bits per heavy atom. The van der Waals surface area contributed by atoms with Crippen molar-refractivity contribution in [2.45, 2.75) is 239 Å². The van der Waals surface area contributed by atoms with Gasteiger partial charge in [0.25, 0.3) is 0 Å². The fraction of sp³-hybridized carbons (Fsp3) is 0.939. The monoisotopic (exact) mass is 861 g/mol. The minimum atomic E-state index is -0.0782. The van der Waals surface area contributed by atoms with Crippen LogP contribution in [-0.2, 0) is 23.9 Å². The first-order valence-corrected chi connectivity index (χ1v) is 25.8. The molecule has 346 valence electrons. The van der Waals surface area contributed by atoms with Crippen LogP contribution >= 0.6 is 11.8 Å². The van der Waals surface area contributed by atoms with Crippen molar-refractivity contribution in [1.82, 2.24) is 4.90 Å². The summed E-state index contributed by atoms with van der Waals surface area (Å²) in [4.78, 5) is 40.4. The van der Waals surface area contributed by atoms with Gasteiger partial charge in [-0.2, -0.15) is 0 Å². The Bertz CT molecular complexity index is 902. The quantitative estimate of drug-likeness (QED) is 0.0345. The molecule has 0 atom stereocenters. The van der Waals surface area contributed by atoms with E-state index in [1.165, 1.54) is 122 Å². The molecule has 1 amide bonds. The fourth-order valence-electron chi connectivity index (χ4n) is 7.28. The van der Waals surface area contributed by atoms with Gasteiger partial charge in [-0.1, -0.05) is 162 Å². The lowest BCUT2D eigenvalue weighted by atomic mass is 10.0. The summed E-state index contributed by atoms with van der Waals surface area (Å²) in [7, 11) is 6.57. The molecule has 0 aromatic carbocycles. The number of hydrogen-bond donors (Lipinski definition) is 0. The lowest BCUT2D eigenvalue weighted by molar-refractivity contribution is -0.867. The molecule has 0 radical (unpaired) electrons. The number of esters is 2. The van der Waals surface area contributed by atoms with E-state index < -0.39 is 0 Å². The Hall–Kier alpha value is -0.990. The van der Waals surface area contributed by atoms with Crippen LogP contribution in [0.1, 0.15) is 233 Å². The van der Waals surface area contributed by atoms with Gasteiger partial charge in [-0.25, -0.2) is 0 Å². The van der Waals surface area contributed by atoms with E-state index in [1.807, 2.05) is 0 Å². The van der Waals surface area contributed by atoms with Crippen LogP contribution in [0.3, 0.4) is 0 Å². The summed E-state index contributed by atoms with van der Waals surface area (Å²) >= 11 is 1.74. The smallest absolute Gasteiger partial charge is 0.306 e. The van der Waals surface area contributed by atoms with Crippen LogP contribution in [0.4, 0.5) is 0 Å². The van der Waals surface area contributed by atoms with Crippen LogP contribution in [-0.4, -0.2) is 92.2 Å². The summed E-state index contributed by atoms with van der Waals surface area (Å²) in [5.41, 5.74) is 0. The van der Waals surface area contributed by atoms with Crippen molar-refractivity contribution < 1.29 is 40.7 Å². The van der Waals surface area contributed by atoms with Crippen LogP contribution in [0.15, 0.2) is 0 Å². The van der Waals surface area contributed by atoms with Crippen molar-refractivity contribution in [3.63, 3.8) is 0 Å². The van der Waals surface area contributed by atoms with Gasteiger partial charge in [0.05, 0.1) is 40.0 Å². The van der Waals surface area contributed by atoms with E-state index in [-0.39, 0.29) is 36.4 Å². The Morgan fingerprint density at radius 2 is 0.914 bits per heavy atom. The largest absolute Gasteiger partial charge is 1.00 e. The minimum Gasteiger partial charge on any atom is -1.00 e. The van der Waals surface area contributed by atoms with E-state index in [0.717, 1.165) is 107 Å². The Morgan fingerprint density at radius 1 is 0.517 bits per heavy atom. The summed E-state index contributed by atoms with van der Waals surface area (Å²) in [5.74, 6) is 1.66. The molecule has 0 aromatic rings. The van der Waals surface area contributed by atoms with Crippen molar-refractivity contribution in [1.29, 1.82) is 0 Å². The van der Waals surface area contributed by atoms with Gasteiger partial charge in [-0.3, -0.25) is 14.4 Å². The fourth-order valence-corrected chi connectivity index (χ4v) is 8.46. The molecule has 7 nitrogen and oxygen atoms in total. The second-order valence-electron chi connectivity index (χ2n) is 18.0. The number of amides is 1. The van der Waals surface area contributed by atoms with E-state index in [2.05, 4.69) is 46.8 Å². The number of rotatable bonds is 44. The molecular weight excluding hydrogens is 764 g/mol. The molecule has 0 aliphatic heterocycles. The molecule has 0 spiro atoms. The number of carbonyl (C=O) groups is 3. The highest BCUT2D eigenvalue weighted by Crippen LogP contribution is 2.19. The van der Waals surface area contributed by atoms with E-state index in [9.17, 15) is 14.4 Å². The van der Waals surface area contributed by atoms with Gasteiger partial charge in [0.1, 0.15) is 6.10 Å². The van der Waals surface area contributed by atoms with Crippen LogP contribution in [0.5, 0.6) is 0 Å². The molecule has 9 heteroatoms. The first-order valence-electron chi connectivity index (χ1n) is 24.6. The van der Waals surface area contributed by atoms with Gasteiger partial charge in [0, 0.05) is 31.7 Å². The van der Waals surface area contributed by atoms with Crippen LogP contribution in [0, 0.1) is 0 Å². The number of thioether (sulfide) groups is 1. The first kappa shape index (κ1) is 59.1. The number of unbranched alkanes of at least 4 members (excludes halogenated alkanes) is 24. The molecule has 0 saturated carbocycles. The van der Waals surface area contributed by atoms with Crippen LogP contribution in [0.25, 0.3) is 0 Å². The molecule has 0 aliphatic carbocycles. The zero-order chi connectivity index (χ0) is 42.1. The highest BCUT2D eigenvalue weighted by molar-refractivity contribution is 7.99. The molecular formula is C49H97ClN2O5S.